The molecule has 1 aromatic carbocycles. The summed E-state index contributed by atoms with van der Waals surface area (Å²) in [5, 5.41) is 0. The zero-order valence-corrected chi connectivity index (χ0v) is 8.97. The molecule has 0 heterocycles. The Morgan fingerprint density at radius 2 is 2.11 bits per heavy atom. The average Bonchev–Trinajstić information content (AvgIpc) is 1.69. The third-order valence-corrected chi connectivity index (χ3v) is 0.863. The van der Waals surface area contributed by atoms with Crippen LogP contribution in [0.2, 0.25) is 0 Å². The molecule has 1 aromatic rings. The summed E-state index contributed by atoms with van der Waals surface area (Å²) >= 11 is 0. The van der Waals surface area contributed by atoms with Crippen LogP contribution < -0.4 is 24.0 Å². The summed E-state index contributed by atoms with van der Waals surface area (Å²) in [6.45, 7) is 2.05. The van der Waals surface area contributed by atoms with E-state index in [1.807, 2.05) is 18.2 Å². The summed E-state index contributed by atoms with van der Waals surface area (Å²) < 4.78 is 0. The minimum atomic E-state index is 0. The molecule has 0 amide bonds. The van der Waals surface area contributed by atoms with E-state index >= 15 is 0 Å². The van der Waals surface area contributed by atoms with Gasteiger partial charge in [-0.15, -0.1) is 0 Å². The molecule has 0 fully saturated rings. The molecule has 0 radical (unpaired) electrons. The molecular weight excluding hydrogens is 235 g/mol. The monoisotopic (exact) mass is 242 g/mol. The van der Waals surface area contributed by atoms with Gasteiger partial charge in [0, 0.05) is 0 Å². The van der Waals surface area contributed by atoms with Gasteiger partial charge in [0.05, 0.1) is 0 Å². The van der Waals surface area contributed by atoms with Crippen molar-refractivity contribution in [1.82, 2.24) is 0 Å². The van der Waals surface area contributed by atoms with Crippen molar-refractivity contribution in [2.75, 3.05) is 0 Å². The van der Waals surface area contributed by atoms with Crippen molar-refractivity contribution < 1.29 is 24.0 Å². The van der Waals surface area contributed by atoms with E-state index in [-0.39, 0.29) is 47.0 Å². The van der Waals surface area contributed by atoms with Crippen molar-refractivity contribution in [3.05, 3.63) is 35.9 Å². The molecule has 0 aliphatic heterocycles. The molecule has 0 nitrogen and oxygen atoms in total. The normalized spacial score (nSPS) is 6.78. The van der Waals surface area contributed by atoms with E-state index in [2.05, 4.69) is 19.1 Å². The van der Waals surface area contributed by atoms with Crippen molar-refractivity contribution >= 4 is 23.1 Å². The van der Waals surface area contributed by atoms with Gasteiger partial charge in [-0.1, -0.05) is 6.92 Å². The molecule has 0 saturated heterocycles. The minimum Gasteiger partial charge on any atom is -1.00 e. The third kappa shape index (κ3) is 5.18. The van der Waals surface area contributed by atoms with Crippen molar-refractivity contribution in [3.8, 4) is 0 Å². The van der Waals surface area contributed by atoms with Crippen LogP contribution in [0, 0.1) is 13.0 Å². The van der Waals surface area contributed by atoms with Crippen LogP contribution in [-0.4, -0.2) is 23.1 Å². The molecule has 0 bridgehead atoms. The fourth-order valence-corrected chi connectivity index (χ4v) is 0.483. The van der Waals surface area contributed by atoms with Crippen molar-refractivity contribution in [2.24, 2.45) is 0 Å². The second-order valence-electron chi connectivity index (χ2n) is 1.58. The standard InChI is InChI=1S/C7H7.HI.Mg/c1-7-5-3-2-4-6-7;;/h2-3,5-6H,1H3;1H;/q-1;;+2/p-1. The van der Waals surface area contributed by atoms with Gasteiger partial charge in [-0.2, -0.15) is 35.9 Å². The molecule has 0 spiro atoms. The van der Waals surface area contributed by atoms with Crippen LogP contribution in [0.3, 0.4) is 0 Å². The van der Waals surface area contributed by atoms with Gasteiger partial charge < -0.3 is 24.0 Å². The van der Waals surface area contributed by atoms with Crippen molar-refractivity contribution in [3.63, 3.8) is 0 Å². The predicted octanol–water partition coefficient (Wildman–Crippen LogP) is -1.58. The van der Waals surface area contributed by atoms with E-state index in [0.29, 0.717) is 0 Å². The zero-order valence-electron chi connectivity index (χ0n) is 5.39. The van der Waals surface area contributed by atoms with Gasteiger partial charge in [0.2, 0.25) is 0 Å². The molecule has 0 aromatic heterocycles. The Morgan fingerprint density at radius 1 is 1.44 bits per heavy atom. The van der Waals surface area contributed by atoms with E-state index in [1.165, 1.54) is 5.56 Å². The number of hydrogen-bond donors (Lipinski definition) is 0. The maximum absolute atomic E-state index is 2.96. The minimum absolute atomic E-state index is 0. The summed E-state index contributed by atoms with van der Waals surface area (Å²) in [5.41, 5.74) is 1.27. The zero-order chi connectivity index (χ0) is 5.11. The molecule has 0 N–H and O–H groups in total. The van der Waals surface area contributed by atoms with E-state index < -0.39 is 0 Å². The van der Waals surface area contributed by atoms with Crippen molar-refractivity contribution in [1.29, 1.82) is 0 Å². The van der Waals surface area contributed by atoms with Gasteiger partial charge in [-0.3, -0.25) is 0 Å². The summed E-state index contributed by atoms with van der Waals surface area (Å²) in [4.78, 5) is 0. The smallest absolute Gasteiger partial charge is 1.00 e. The Hall–Kier alpha value is 0.716. The summed E-state index contributed by atoms with van der Waals surface area (Å²) in [7, 11) is 0. The van der Waals surface area contributed by atoms with E-state index in [9.17, 15) is 0 Å². The second-order valence-corrected chi connectivity index (χ2v) is 1.58. The van der Waals surface area contributed by atoms with E-state index in [0.717, 1.165) is 0 Å². The largest absolute Gasteiger partial charge is 2.00 e. The van der Waals surface area contributed by atoms with E-state index in [1.54, 1.807) is 0 Å². The molecule has 0 unspecified atom stereocenters. The summed E-state index contributed by atoms with van der Waals surface area (Å²) in [6, 6.07) is 10.8. The molecule has 0 atom stereocenters. The molecule has 0 aliphatic rings. The quantitative estimate of drug-likeness (QED) is 0.293. The van der Waals surface area contributed by atoms with Crippen LogP contribution in [0.5, 0.6) is 0 Å². The fourth-order valence-electron chi connectivity index (χ4n) is 0.483. The first-order valence-corrected chi connectivity index (χ1v) is 2.32. The Morgan fingerprint density at radius 3 is 2.33 bits per heavy atom. The number of halogens is 1. The van der Waals surface area contributed by atoms with Gasteiger partial charge in [0.15, 0.2) is 0 Å². The van der Waals surface area contributed by atoms with E-state index in [4.69, 9.17) is 0 Å². The SMILES string of the molecule is Cc1c[c-]ccc1.[I-].[Mg+2]. The Kier molecular flexibility index (Phi) is 9.41. The van der Waals surface area contributed by atoms with Gasteiger partial charge in [0.25, 0.3) is 0 Å². The molecule has 2 heteroatoms. The van der Waals surface area contributed by atoms with Gasteiger partial charge in [-0.25, -0.2) is 0 Å². The fraction of sp³-hybridized carbons (Fsp3) is 0.143. The van der Waals surface area contributed by atoms with Crippen molar-refractivity contribution in [2.45, 2.75) is 6.92 Å². The average molecular weight is 242 g/mol. The molecular formula is C7H7IMg. The Balaban J connectivity index is 0. The molecule has 0 aliphatic carbocycles. The number of aryl methyl sites for hydroxylation is 1. The number of rotatable bonds is 0. The van der Waals surface area contributed by atoms with Crippen LogP contribution >= 0.6 is 0 Å². The first-order chi connectivity index (χ1) is 3.39. The summed E-state index contributed by atoms with van der Waals surface area (Å²) in [5.74, 6) is 0. The second kappa shape index (κ2) is 6.83. The van der Waals surface area contributed by atoms with Crippen LogP contribution in [-0.2, 0) is 0 Å². The maximum atomic E-state index is 2.96. The molecule has 9 heavy (non-hydrogen) atoms. The first-order valence-electron chi connectivity index (χ1n) is 2.32. The topological polar surface area (TPSA) is 0 Å². The van der Waals surface area contributed by atoms with Crippen LogP contribution in [0.15, 0.2) is 24.3 Å². The van der Waals surface area contributed by atoms with Crippen LogP contribution in [0.25, 0.3) is 0 Å². The Labute approximate surface area is 89.2 Å². The number of benzene rings is 1. The van der Waals surface area contributed by atoms with Gasteiger partial charge in [0.1, 0.15) is 0 Å². The first kappa shape index (κ1) is 12.4. The number of hydrogen-bond acceptors (Lipinski definition) is 0. The van der Waals surface area contributed by atoms with Gasteiger partial charge >= 0.3 is 23.1 Å². The predicted molar refractivity (Wildman–Crippen MR) is 35.8 cm³/mol. The molecule has 1 rings (SSSR count). The molecule has 44 valence electrons. The van der Waals surface area contributed by atoms with Crippen LogP contribution in [0.1, 0.15) is 5.56 Å². The van der Waals surface area contributed by atoms with Crippen LogP contribution in [0.4, 0.5) is 0 Å². The maximum Gasteiger partial charge on any atom is 2.00 e. The summed E-state index contributed by atoms with van der Waals surface area (Å²) in [6.07, 6.45) is 0. The molecule has 0 saturated carbocycles. The third-order valence-electron chi connectivity index (χ3n) is 0.863. The van der Waals surface area contributed by atoms with Gasteiger partial charge in [-0.05, 0) is 0 Å². The Bertz CT molecular complexity index is 139.